The van der Waals surface area contributed by atoms with Crippen LogP contribution in [-0.2, 0) is 6.42 Å². The molecule has 2 rings (SSSR count). The van der Waals surface area contributed by atoms with Crippen molar-refractivity contribution in [3.05, 3.63) is 60.2 Å². The molecule has 0 saturated carbocycles. The van der Waals surface area contributed by atoms with E-state index in [2.05, 4.69) is 21.7 Å². The Kier molecular flexibility index (Phi) is 11.3. The van der Waals surface area contributed by atoms with Gasteiger partial charge < -0.3 is 20.1 Å². The normalized spacial score (nSPS) is 10.6. The molecule has 0 amide bonds. The Bertz CT molecular complexity index is 651. The molecule has 0 aliphatic heterocycles. The summed E-state index contributed by atoms with van der Waals surface area (Å²) in [6, 6.07) is 17.9. The van der Waals surface area contributed by atoms with Gasteiger partial charge in [0.2, 0.25) is 0 Å². The molecule has 6 heteroatoms. The quantitative estimate of drug-likeness (QED) is 0.256. The Morgan fingerprint density at radius 3 is 2.38 bits per heavy atom. The van der Waals surface area contributed by atoms with Crippen molar-refractivity contribution in [1.82, 2.24) is 10.6 Å². The SMILES string of the molecule is CN=C(NCCCOc1ccccc1)NCCc1ccccc1OC.I. The molecule has 0 heterocycles. The number of para-hydroxylation sites is 2. The lowest BCUT2D eigenvalue weighted by atomic mass is 10.1. The first-order valence-electron chi connectivity index (χ1n) is 8.57. The monoisotopic (exact) mass is 469 g/mol. The standard InChI is InChI=1S/C20H27N3O2.HI/c1-21-20(22-14-8-16-25-18-10-4-3-5-11-18)23-15-13-17-9-6-7-12-19(17)24-2;/h3-7,9-12H,8,13-16H2,1-2H3,(H2,21,22,23);1H. The van der Waals surface area contributed by atoms with Crippen LogP contribution < -0.4 is 20.1 Å². The summed E-state index contributed by atoms with van der Waals surface area (Å²) >= 11 is 0. The second kappa shape index (κ2) is 13.3. The summed E-state index contributed by atoms with van der Waals surface area (Å²) in [6.45, 7) is 2.27. The summed E-state index contributed by atoms with van der Waals surface area (Å²) in [5.74, 6) is 2.63. The number of rotatable bonds is 9. The minimum atomic E-state index is 0. The number of benzene rings is 2. The van der Waals surface area contributed by atoms with Crippen LogP contribution in [0.3, 0.4) is 0 Å². The zero-order chi connectivity index (χ0) is 17.7. The van der Waals surface area contributed by atoms with Crippen LogP contribution in [0.1, 0.15) is 12.0 Å². The molecule has 0 fully saturated rings. The molecule has 0 aromatic heterocycles. The average molecular weight is 469 g/mol. The zero-order valence-corrected chi connectivity index (χ0v) is 17.7. The highest BCUT2D eigenvalue weighted by atomic mass is 127. The molecule has 0 atom stereocenters. The lowest BCUT2D eigenvalue weighted by Crippen LogP contribution is -2.39. The number of halogens is 1. The molecule has 5 nitrogen and oxygen atoms in total. The van der Waals surface area contributed by atoms with Gasteiger partial charge in [-0.1, -0.05) is 36.4 Å². The second-order valence-electron chi connectivity index (χ2n) is 5.50. The first-order chi connectivity index (χ1) is 12.3. The van der Waals surface area contributed by atoms with Crippen LogP contribution in [0.5, 0.6) is 11.5 Å². The number of aliphatic imine (C=N–C) groups is 1. The van der Waals surface area contributed by atoms with E-state index in [1.165, 1.54) is 5.56 Å². The summed E-state index contributed by atoms with van der Waals surface area (Å²) < 4.78 is 11.0. The minimum absolute atomic E-state index is 0. The van der Waals surface area contributed by atoms with Crippen LogP contribution in [0.2, 0.25) is 0 Å². The van der Waals surface area contributed by atoms with Gasteiger partial charge in [0.15, 0.2) is 5.96 Å². The molecule has 0 radical (unpaired) electrons. The maximum atomic E-state index is 5.67. The van der Waals surface area contributed by atoms with Crippen LogP contribution in [0, 0.1) is 0 Å². The molecule has 2 aromatic rings. The van der Waals surface area contributed by atoms with E-state index in [-0.39, 0.29) is 24.0 Å². The summed E-state index contributed by atoms with van der Waals surface area (Å²) in [6.07, 6.45) is 1.78. The highest BCUT2D eigenvalue weighted by Gasteiger charge is 2.02. The van der Waals surface area contributed by atoms with Gasteiger partial charge >= 0.3 is 0 Å². The van der Waals surface area contributed by atoms with Crippen LogP contribution in [0.15, 0.2) is 59.6 Å². The van der Waals surface area contributed by atoms with E-state index in [9.17, 15) is 0 Å². The lowest BCUT2D eigenvalue weighted by Gasteiger charge is -2.13. The van der Waals surface area contributed by atoms with Gasteiger partial charge in [-0.2, -0.15) is 0 Å². The highest BCUT2D eigenvalue weighted by molar-refractivity contribution is 14.0. The molecule has 142 valence electrons. The number of guanidine groups is 1. The van der Waals surface area contributed by atoms with E-state index < -0.39 is 0 Å². The van der Waals surface area contributed by atoms with Gasteiger partial charge in [-0.25, -0.2) is 0 Å². The molecular formula is C20H28IN3O2. The number of nitrogens with zero attached hydrogens (tertiary/aromatic N) is 1. The van der Waals surface area contributed by atoms with Crippen molar-refractivity contribution in [1.29, 1.82) is 0 Å². The van der Waals surface area contributed by atoms with Gasteiger partial charge in [0.05, 0.1) is 13.7 Å². The lowest BCUT2D eigenvalue weighted by molar-refractivity contribution is 0.311. The fourth-order valence-corrected chi connectivity index (χ4v) is 2.43. The predicted molar refractivity (Wildman–Crippen MR) is 118 cm³/mol. The largest absolute Gasteiger partial charge is 0.496 e. The van der Waals surface area contributed by atoms with Crippen LogP contribution in [0.4, 0.5) is 0 Å². The first kappa shape index (κ1) is 22.1. The van der Waals surface area contributed by atoms with Crippen LogP contribution in [0.25, 0.3) is 0 Å². The van der Waals surface area contributed by atoms with Crippen LogP contribution >= 0.6 is 24.0 Å². The third-order valence-electron chi connectivity index (χ3n) is 3.73. The maximum absolute atomic E-state index is 5.67. The van der Waals surface area contributed by atoms with Crippen molar-refractivity contribution >= 4 is 29.9 Å². The summed E-state index contributed by atoms with van der Waals surface area (Å²) in [7, 11) is 3.48. The summed E-state index contributed by atoms with van der Waals surface area (Å²) in [4.78, 5) is 4.24. The molecule has 26 heavy (non-hydrogen) atoms. The molecular weight excluding hydrogens is 441 g/mol. The molecule has 0 unspecified atom stereocenters. The van der Waals surface area contributed by atoms with Gasteiger partial charge in [0, 0.05) is 20.1 Å². The Hall–Kier alpha value is -1.96. The number of ether oxygens (including phenoxy) is 2. The fraction of sp³-hybridized carbons (Fsp3) is 0.350. The fourth-order valence-electron chi connectivity index (χ4n) is 2.43. The average Bonchev–Trinajstić information content (AvgIpc) is 2.67. The zero-order valence-electron chi connectivity index (χ0n) is 15.4. The second-order valence-corrected chi connectivity index (χ2v) is 5.50. The first-order valence-corrected chi connectivity index (χ1v) is 8.57. The molecule has 0 aliphatic carbocycles. The number of nitrogens with one attached hydrogen (secondary N) is 2. The molecule has 0 aliphatic rings. The molecule has 0 bridgehead atoms. The third kappa shape index (κ3) is 7.95. The van der Waals surface area contributed by atoms with Crippen molar-refractivity contribution in [3.8, 4) is 11.5 Å². The van der Waals surface area contributed by atoms with Gasteiger partial charge in [0.1, 0.15) is 11.5 Å². The summed E-state index contributed by atoms with van der Waals surface area (Å²) in [5.41, 5.74) is 1.18. The Labute approximate surface area is 173 Å². The maximum Gasteiger partial charge on any atom is 0.190 e. The van der Waals surface area contributed by atoms with Crippen LogP contribution in [-0.4, -0.2) is 39.8 Å². The highest BCUT2D eigenvalue weighted by Crippen LogP contribution is 2.17. The minimum Gasteiger partial charge on any atom is -0.496 e. The van der Waals surface area contributed by atoms with E-state index >= 15 is 0 Å². The van der Waals surface area contributed by atoms with E-state index in [0.717, 1.165) is 43.4 Å². The Morgan fingerprint density at radius 2 is 1.65 bits per heavy atom. The van der Waals surface area contributed by atoms with Gasteiger partial charge in [-0.3, -0.25) is 4.99 Å². The molecule has 2 aromatic carbocycles. The van der Waals surface area contributed by atoms with E-state index in [4.69, 9.17) is 9.47 Å². The Morgan fingerprint density at radius 1 is 0.962 bits per heavy atom. The topological polar surface area (TPSA) is 54.9 Å². The Balaban J connectivity index is 0.00000338. The van der Waals surface area contributed by atoms with Gasteiger partial charge in [-0.15, -0.1) is 24.0 Å². The van der Waals surface area contributed by atoms with Crippen molar-refractivity contribution in [2.24, 2.45) is 4.99 Å². The van der Waals surface area contributed by atoms with Crippen molar-refractivity contribution in [2.45, 2.75) is 12.8 Å². The van der Waals surface area contributed by atoms with Crippen molar-refractivity contribution in [2.75, 3.05) is 33.9 Å². The van der Waals surface area contributed by atoms with E-state index in [0.29, 0.717) is 6.61 Å². The van der Waals surface area contributed by atoms with E-state index in [1.807, 2.05) is 48.5 Å². The van der Waals surface area contributed by atoms with Crippen molar-refractivity contribution < 1.29 is 9.47 Å². The molecule has 0 spiro atoms. The number of methoxy groups -OCH3 is 1. The van der Waals surface area contributed by atoms with Gasteiger partial charge in [0.25, 0.3) is 0 Å². The van der Waals surface area contributed by atoms with E-state index in [1.54, 1.807) is 14.2 Å². The third-order valence-corrected chi connectivity index (χ3v) is 3.73. The molecule has 0 saturated heterocycles. The van der Waals surface area contributed by atoms with Crippen molar-refractivity contribution in [3.63, 3.8) is 0 Å². The smallest absolute Gasteiger partial charge is 0.190 e. The predicted octanol–water partition coefficient (Wildman–Crippen LogP) is 3.49. The number of hydrogen-bond acceptors (Lipinski definition) is 3. The van der Waals surface area contributed by atoms with Gasteiger partial charge in [-0.05, 0) is 36.6 Å². The molecule has 2 N–H and O–H groups in total. The summed E-state index contributed by atoms with van der Waals surface area (Å²) in [5, 5.41) is 6.62. The number of hydrogen-bond donors (Lipinski definition) is 2.